The van der Waals surface area contributed by atoms with Gasteiger partial charge in [0.15, 0.2) is 5.65 Å². The van der Waals surface area contributed by atoms with Gasteiger partial charge in [0.25, 0.3) is 11.5 Å². The Hall–Kier alpha value is -3.26. The molecule has 3 heterocycles. The molecule has 26 heavy (non-hydrogen) atoms. The van der Waals surface area contributed by atoms with Gasteiger partial charge in [0.05, 0.1) is 19.4 Å². The number of hydrogen-bond acceptors (Lipinski definition) is 6. The number of rotatable bonds is 3. The lowest BCUT2D eigenvalue weighted by atomic mass is 10.2. The summed E-state index contributed by atoms with van der Waals surface area (Å²) in [6.07, 6.45) is 1.36. The van der Waals surface area contributed by atoms with Gasteiger partial charge in [0.2, 0.25) is 0 Å². The predicted molar refractivity (Wildman–Crippen MR) is 96.7 cm³/mol. The van der Waals surface area contributed by atoms with Crippen molar-refractivity contribution in [1.29, 1.82) is 0 Å². The highest BCUT2D eigenvalue weighted by atomic mass is 16.5. The summed E-state index contributed by atoms with van der Waals surface area (Å²) in [7, 11) is 0. The van der Waals surface area contributed by atoms with Crippen molar-refractivity contribution < 1.29 is 9.53 Å². The average Bonchev–Trinajstić information content (AvgIpc) is 2.71. The highest BCUT2D eigenvalue weighted by molar-refractivity contribution is 6.04. The number of hydrogen-bond donors (Lipinski definition) is 1. The van der Waals surface area contributed by atoms with E-state index >= 15 is 0 Å². The number of benzene rings is 1. The first kappa shape index (κ1) is 16.2. The van der Waals surface area contributed by atoms with E-state index in [1.807, 2.05) is 17.0 Å². The average molecular weight is 351 g/mol. The monoisotopic (exact) mass is 351 g/mol. The van der Waals surface area contributed by atoms with Crippen molar-refractivity contribution in [1.82, 2.24) is 14.6 Å². The molecule has 2 aromatic heterocycles. The van der Waals surface area contributed by atoms with E-state index in [4.69, 9.17) is 4.74 Å². The quantitative estimate of drug-likeness (QED) is 0.762. The summed E-state index contributed by atoms with van der Waals surface area (Å²) in [5.41, 5.74) is 0.550. The number of carbonyl (C=O) groups excluding carboxylic acids is 1. The van der Waals surface area contributed by atoms with Crippen LogP contribution in [0.3, 0.4) is 0 Å². The summed E-state index contributed by atoms with van der Waals surface area (Å²) in [6, 6.07) is 12.3. The minimum absolute atomic E-state index is 0.0861. The van der Waals surface area contributed by atoms with E-state index < -0.39 is 5.56 Å². The Morgan fingerprint density at radius 2 is 1.85 bits per heavy atom. The second-order valence-electron chi connectivity index (χ2n) is 5.86. The van der Waals surface area contributed by atoms with E-state index in [1.165, 1.54) is 10.7 Å². The van der Waals surface area contributed by atoms with Gasteiger partial charge in [0, 0.05) is 18.7 Å². The smallest absolute Gasteiger partial charge is 0.298 e. The fourth-order valence-corrected chi connectivity index (χ4v) is 2.78. The van der Waals surface area contributed by atoms with Gasteiger partial charge in [-0.2, -0.15) is 4.52 Å². The molecule has 0 spiro atoms. The number of amides is 1. The van der Waals surface area contributed by atoms with Gasteiger partial charge in [0.1, 0.15) is 11.5 Å². The molecular formula is C18H17N5O3. The standard InChI is InChI=1S/C18H17N5O3/c24-17(13-4-2-1-3-5-13)20-14-12-19-15-6-7-16(21-23(15)18(14)25)22-8-10-26-11-9-22/h1-7,12H,8-11H2,(H,20,24). The number of nitrogens with one attached hydrogen (secondary N) is 1. The van der Waals surface area contributed by atoms with Crippen molar-refractivity contribution >= 4 is 23.1 Å². The molecule has 1 saturated heterocycles. The van der Waals surface area contributed by atoms with Crippen LogP contribution in [0.4, 0.5) is 11.5 Å². The molecule has 8 nitrogen and oxygen atoms in total. The molecule has 1 aliphatic rings. The van der Waals surface area contributed by atoms with Crippen LogP contribution < -0.4 is 15.8 Å². The molecule has 0 saturated carbocycles. The Bertz CT molecular complexity index is 997. The normalized spacial score (nSPS) is 14.4. The van der Waals surface area contributed by atoms with Gasteiger partial charge in [-0.05, 0) is 24.3 Å². The number of fused-ring (bicyclic) bond motifs is 1. The van der Waals surface area contributed by atoms with Gasteiger partial charge in [-0.25, -0.2) is 4.98 Å². The summed E-state index contributed by atoms with van der Waals surface area (Å²) in [5, 5.41) is 7.01. The third kappa shape index (κ3) is 3.14. The molecule has 8 heteroatoms. The molecule has 1 fully saturated rings. The first-order valence-corrected chi connectivity index (χ1v) is 8.30. The van der Waals surface area contributed by atoms with E-state index in [0.29, 0.717) is 43.3 Å². The molecule has 0 aliphatic carbocycles. The van der Waals surface area contributed by atoms with Crippen molar-refractivity contribution in [3.63, 3.8) is 0 Å². The lowest BCUT2D eigenvalue weighted by molar-refractivity contribution is 0.102. The predicted octanol–water partition coefficient (Wildman–Crippen LogP) is 1.18. The van der Waals surface area contributed by atoms with E-state index in [-0.39, 0.29) is 11.6 Å². The van der Waals surface area contributed by atoms with Crippen LogP contribution in [0.15, 0.2) is 53.5 Å². The van der Waals surface area contributed by atoms with E-state index in [1.54, 1.807) is 30.3 Å². The van der Waals surface area contributed by atoms with Crippen LogP contribution in [0.1, 0.15) is 10.4 Å². The fourth-order valence-electron chi connectivity index (χ4n) is 2.78. The Kier molecular flexibility index (Phi) is 4.32. The Morgan fingerprint density at radius 1 is 1.08 bits per heavy atom. The van der Waals surface area contributed by atoms with Gasteiger partial charge in [-0.3, -0.25) is 9.59 Å². The zero-order chi connectivity index (χ0) is 17.9. The molecule has 1 N–H and O–H groups in total. The van der Waals surface area contributed by atoms with E-state index in [0.717, 1.165) is 0 Å². The number of carbonyl (C=O) groups is 1. The molecule has 0 bridgehead atoms. The van der Waals surface area contributed by atoms with Crippen LogP contribution in [-0.4, -0.2) is 46.8 Å². The Balaban J connectivity index is 1.67. The van der Waals surface area contributed by atoms with Gasteiger partial charge in [-0.15, -0.1) is 5.10 Å². The molecule has 1 aliphatic heterocycles. The lowest BCUT2D eigenvalue weighted by Crippen LogP contribution is -2.37. The largest absolute Gasteiger partial charge is 0.378 e. The molecule has 4 rings (SSSR count). The van der Waals surface area contributed by atoms with Crippen molar-refractivity contribution in [3.05, 3.63) is 64.6 Å². The maximum absolute atomic E-state index is 12.7. The van der Waals surface area contributed by atoms with Crippen molar-refractivity contribution in [2.75, 3.05) is 36.5 Å². The summed E-state index contributed by atoms with van der Waals surface area (Å²) < 4.78 is 6.55. The molecule has 0 atom stereocenters. The first-order chi connectivity index (χ1) is 12.7. The molecule has 132 valence electrons. The third-order valence-electron chi connectivity index (χ3n) is 4.17. The molecule has 1 amide bonds. The van der Waals surface area contributed by atoms with Crippen molar-refractivity contribution in [2.45, 2.75) is 0 Å². The van der Waals surface area contributed by atoms with Gasteiger partial charge < -0.3 is 15.0 Å². The Morgan fingerprint density at radius 3 is 2.62 bits per heavy atom. The highest BCUT2D eigenvalue weighted by Crippen LogP contribution is 2.13. The molecule has 3 aromatic rings. The lowest BCUT2D eigenvalue weighted by Gasteiger charge is -2.27. The Labute approximate surface area is 149 Å². The van der Waals surface area contributed by atoms with Crippen LogP contribution in [0, 0.1) is 0 Å². The number of ether oxygens (including phenoxy) is 1. The van der Waals surface area contributed by atoms with Crippen LogP contribution in [-0.2, 0) is 4.74 Å². The van der Waals surface area contributed by atoms with Crippen LogP contribution in [0.2, 0.25) is 0 Å². The van der Waals surface area contributed by atoms with Gasteiger partial charge in [-0.1, -0.05) is 18.2 Å². The summed E-state index contributed by atoms with van der Waals surface area (Å²) >= 11 is 0. The number of nitrogens with zero attached hydrogens (tertiary/aromatic N) is 4. The topological polar surface area (TPSA) is 88.8 Å². The van der Waals surface area contributed by atoms with Crippen molar-refractivity contribution in [2.24, 2.45) is 0 Å². The van der Waals surface area contributed by atoms with Crippen LogP contribution >= 0.6 is 0 Å². The highest BCUT2D eigenvalue weighted by Gasteiger charge is 2.15. The SMILES string of the molecule is O=C(Nc1cnc2ccc(N3CCOCC3)nn2c1=O)c1ccccc1. The fraction of sp³-hybridized carbons (Fsp3) is 0.222. The molecule has 0 radical (unpaired) electrons. The second kappa shape index (κ2) is 6.93. The van der Waals surface area contributed by atoms with Crippen molar-refractivity contribution in [3.8, 4) is 0 Å². The molecule has 1 aromatic carbocycles. The minimum atomic E-state index is -0.422. The molecular weight excluding hydrogens is 334 g/mol. The maximum atomic E-state index is 12.7. The van der Waals surface area contributed by atoms with E-state index in [2.05, 4.69) is 15.4 Å². The summed E-state index contributed by atoms with van der Waals surface area (Å²) in [5.74, 6) is 0.310. The summed E-state index contributed by atoms with van der Waals surface area (Å²) in [4.78, 5) is 31.3. The van der Waals surface area contributed by atoms with Crippen LogP contribution in [0.25, 0.3) is 5.65 Å². The second-order valence-corrected chi connectivity index (χ2v) is 5.86. The summed E-state index contributed by atoms with van der Waals surface area (Å²) in [6.45, 7) is 2.68. The van der Waals surface area contributed by atoms with Crippen LogP contribution in [0.5, 0.6) is 0 Å². The minimum Gasteiger partial charge on any atom is -0.378 e. The zero-order valence-electron chi connectivity index (χ0n) is 14.0. The first-order valence-electron chi connectivity index (χ1n) is 8.30. The third-order valence-corrected chi connectivity index (χ3v) is 4.17. The number of morpholine rings is 1. The zero-order valence-corrected chi connectivity index (χ0v) is 14.0. The van der Waals surface area contributed by atoms with Gasteiger partial charge >= 0.3 is 0 Å². The number of aromatic nitrogens is 3. The van der Waals surface area contributed by atoms with E-state index in [9.17, 15) is 9.59 Å². The maximum Gasteiger partial charge on any atom is 0.298 e. The number of anilines is 2. The molecule has 0 unspecified atom stereocenters.